The van der Waals surface area contributed by atoms with E-state index >= 15 is 0 Å². The van der Waals surface area contributed by atoms with Crippen LogP contribution in [0.3, 0.4) is 0 Å². The molecule has 1 aliphatic rings. The van der Waals surface area contributed by atoms with Crippen molar-refractivity contribution in [1.82, 2.24) is 15.2 Å². The predicted octanol–water partition coefficient (Wildman–Crippen LogP) is 2.62. The molecule has 100 valence electrons. The third-order valence-corrected chi connectivity index (χ3v) is 3.52. The van der Waals surface area contributed by atoms with Crippen molar-refractivity contribution >= 4 is 5.69 Å². The van der Waals surface area contributed by atoms with Gasteiger partial charge in [0, 0.05) is 11.6 Å². The maximum Gasteiger partial charge on any atom is 0.162 e. The Hall–Kier alpha value is -2.04. The Bertz CT molecular complexity index is 529. The molecule has 1 aliphatic carbocycles. The first-order chi connectivity index (χ1) is 9.31. The summed E-state index contributed by atoms with van der Waals surface area (Å²) in [5.74, 6) is 3.03. The van der Waals surface area contributed by atoms with Crippen LogP contribution >= 0.6 is 0 Å². The molecule has 0 spiro atoms. The molecule has 0 saturated heterocycles. The molecule has 0 radical (unpaired) electrons. The minimum atomic E-state index is 0.406. The van der Waals surface area contributed by atoms with Crippen LogP contribution < -0.4 is 10.5 Å². The van der Waals surface area contributed by atoms with Gasteiger partial charge in [0.25, 0.3) is 0 Å². The first kappa shape index (κ1) is 12.0. The molecule has 0 aliphatic heterocycles. The highest BCUT2D eigenvalue weighted by Gasteiger charge is 2.21. The number of hydrogen-bond acceptors (Lipinski definition) is 4. The lowest BCUT2D eigenvalue weighted by atomic mass is 10.1. The molecule has 2 aromatic rings. The van der Waals surface area contributed by atoms with Crippen molar-refractivity contribution < 1.29 is 4.74 Å². The summed E-state index contributed by atoms with van der Waals surface area (Å²) in [7, 11) is 0. The lowest BCUT2D eigenvalue weighted by Gasteiger charge is -2.04. The van der Waals surface area contributed by atoms with Crippen molar-refractivity contribution in [3.05, 3.63) is 35.9 Å². The normalized spacial score (nSPS) is 15.8. The fourth-order valence-electron chi connectivity index (χ4n) is 2.46. The van der Waals surface area contributed by atoms with Crippen LogP contribution in [0, 0.1) is 0 Å². The number of hydrogen-bond donors (Lipinski definition) is 2. The van der Waals surface area contributed by atoms with Gasteiger partial charge in [-0.1, -0.05) is 12.8 Å². The molecule has 5 nitrogen and oxygen atoms in total. The van der Waals surface area contributed by atoms with Gasteiger partial charge in [-0.3, -0.25) is 5.10 Å². The van der Waals surface area contributed by atoms with Crippen LogP contribution in [0.15, 0.2) is 24.3 Å². The lowest BCUT2D eigenvalue weighted by Crippen LogP contribution is -1.99. The number of nitrogens with zero attached hydrogens (tertiary/aromatic N) is 2. The molecule has 3 rings (SSSR count). The standard InChI is InChI=1S/C14H18N4O/c15-11-5-7-12(8-6-11)19-9-13-16-14(18-17-13)10-3-1-2-4-10/h5-8,10H,1-4,9,15H2,(H,16,17,18). The molecule has 0 atom stereocenters. The van der Waals surface area contributed by atoms with Gasteiger partial charge < -0.3 is 10.5 Å². The van der Waals surface area contributed by atoms with E-state index in [1.807, 2.05) is 24.3 Å². The van der Waals surface area contributed by atoms with Crippen molar-refractivity contribution in [2.45, 2.75) is 38.2 Å². The van der Waals surface area contributed by atoms with Crippen LogP contribution in [0.4, 0.5) is 5.69 Å². The second-order valence-electron chi connectivity index (χ2n) is 4.98. The topological polar surface area (TPSA) is 76.8 Å². The molecule has 0 bridgehead atoms. The summed E-state index contributed by atoms with van der Waals surface area (Å²) in [6.07, 6.45) is 4.99. The van der Waals surface area contributed by atoms with Crippen molar-refractivity contribution in [2.24, 2.45) is 0 Å². The number of ether oxygens (including phenoxy) is 1. The van der Waals surface area contributed by atoms with Crippen LogP contribution in [0.25, 0.3) is 0 Å². The highest BCUT2D eigenvalue weighted by molar-refractivity contribution is 5.41. The summed E-state index contributed by atoms with van der Waals surface area (Å²) in [6.45, 7) is 0.406. The van der Waals surface area contributed by atoms with E-state index in [2.05, 4.69) is 15.2 Å². The SMILES string of the molecule is Nc1ccc(OCc2nc(C3CCCC3)n[nH]2)cc1. The predicted molar refractivity (Wildman–Crippen MR) is 72.8 cm³/mol. The van der Waals surface area contributed by atoms with Crippen LogP contribution in [-0.4, -0.2) is 15.2 Å². The summed E-state index contributed by atoms with van der Waals surface area (Å²) in [5, 5.41) is 7.24. The molecule has 1 heterocycles. The van der Waals surface area contributed by atoms with Gasteiger partial charge in [0.15, 0.2) is 11.6 Å². The second kappa shape index (κ2) is 5.30. The van der Waals surface area contributed by atoms with Gasteiger partial charge >= 0.3 is 0 Å². The fraction of sp³-hybridized carbons (Fsp3) is 0.429. The number of benzene rings is 1. The number of rotatable bonds is 4. The molecule has 3 N–H and O–H groups in total. The van der Waals surface area contributed by atoms with E-state index in [1.54, 1.807) is 0 Å². The Morgan fingerprint density at radius 3 is 2.68 bits per heavy atom. The first-order valence-corrected chi connectivity index (χ1v) is 6.71. The van der Waals surface area contributed by atoms with Crippen molar-refractivity contribution in [1.29, 1.82) is 0 Å². The molecule has 1 aromatic heterocycles. The molecule has 0 unspecified atom stereocenters. The molecule has 1 aromatic carbocycles. The van der Waals surface area contributed by atoms with Crippen molar-refractivity contribution in [2.75, 3.05) is 5.73 Å². The van der Waals surface area contributed by atoms with Crippen LogP contribution in [0.2, 0.25) is 0 Å². The zero-order chi connectivity index (χ0) is 13.1. The largest absolute Gasteiger partial charge is 0.486 e. The van der Waals surface area contributed by atoms with Crippen molar-refractivity contribution in [3.8, 4) is 5.75 Å². The highest BCUT2D eigenvalue weighted by Crippen LogP contribution is 2.31. The van der Waals surface area contributed by atoms with Crippen LogP contribution in [0.1, 0.15) is 43.3 Å². The van der Waals surface area contributed by atoms with E-state index in [0.717, 1.165) is 23.1 Å². The van der Waals surface area contributed by atoms with Crippen LogP contribution in [-0.2, 0) is 6.61 Å². The Labute approximate surface area is 112 Å². The number of aromatic nitrogens is 3. The van der Waals surface area contributed by atoms with Gasteiger partial charge in [-0.2, -0.15) is 5.10 Å². The molecule has 1 fully saturated rings. The van der Waals surface area contributed by atoms with Gasteiger partial charge in [0.1, 0.15) is 12.4 Å². The van der Waals surface area contributed by atoms with Gasteiger partial charge in [-0.05, 0) is 37.1 Å². The van der Waals surface area contributed by atoms with E-state index in [4.69, 9.17) is 10.5 Å². The average molecular weight is 258 g/mol. The van der Waals surface area contributed by atoms with Crippen molar-refractivity contribution in [3.63, 3.8) is 0 Å². The zero-order valence-electron chi connectivity index (χ0n) is 10.8. The first-order valence-electron chi connectivity index (χ1n) is 6.71. The monoisotopic (exact) mass is 258 g/mol. The number of anilines is 1. The van der Waals surface area contributed by atoms with Gasteiger partial charge in [0.2, 0.25) is 0 Å². The summed E-state index contributed by atoms with van der Waals surface area (Å²) < 4.78 is 5.63. The van der Waals surface area contributed by atoms with E-state index in [-0.39, 0.29) is 0 Å². The van der Waals surface area contributed by atoms with Gasteiger partial charge in [-0.25, -0.2) is 4.98 Å². The quantitative estimate of drug-likeness (QED) is 0.826. The Morgan fingerprint density at radius 2 is 1.95 bits per heavy atom. The van der Waals surface area contributed by atoms with E-state index in [0.29, 0.717) is 12.5 Å². The molecule has 5 heteroatoms. The Balaban J connectivity index is 1.59. The third-order valence-electron chi connectivity index (χ3n) is 3.52. The minimum absolute atomic E-state index is 0.406. The number of nitrogens with two attached hydrogens (primary N) is 1. The summed E-state index contributed by atoms with van der Waals surface area (Å²) in [4.78, 5) is 4.51. The van der Waals surface area contributed by atoms with E-state index in [1.165, 1.54) is 25.7 Å². The maximum atomic E-state index is 5.63. The third kappa shape index (κ3) is 2.86. The second-order valence-corrected chi connectivity index (χ2v) is 4.98. The molecule has 19 heavy (non-hydrogen) atoms. The maximum absolute atomic E-state index is 5.63. The Kier molecular flexibility index (Phi) is 3.35. The Morgan fingerprint density at radius 1 is 1.21 bits per heavy atom. The fourth-order valence-corrected chi connectivity index (χ4v) is 2.46. The smallest absolute Gasteiger partial charge is 0.162 e. The average Bonchev–Trinajstić information content (AvgIpc) is 3.09. The summed E-state index contributed by atoms with van der Waals surface area (Å²) in [5.41, 5.74) is 6.35. The molecular formula is C14H18N4O. The minimum Gasteiger partial charge on any atom is -0.486 e. The number of aromatic amines is 1. The van der Waals surface area contributed by atoms with E-state index < -0.39 is 0 Å². The zero-order valence-corrected chi connectivity index (χ0v) is 10.8. The molecule has 0 amide bonds. The number of nitrogen functional groups attached to an aromatic ring is 1. The van der Waals surface area contributed by atoms with Gasteiger partial charge in [-0.15, -0.1) is 0 Å². The number of H-pyrrole nitrogens is 1. The lowest BCUT2D eigenvalue weighted by molar-refractivity contribution is 0.296. The van der Waals surface area contributed by atoms with Gasteiger partial charge in [0.05, 0.1) is 0 Å². The summed E-state index contributed by atoms with van der Waals surface area (Å²) in [6, 6.07) is 7.34. The summed E-state index contributed by atoms with van der Waals surface area (Å²) >= 11 is 0. The number of nitrogens with one attached hydrogen (secondary N) is 1. The highest BCUT2D eigenvalue weighted by atomic mass is 16.5. The molecular weight excluding hydrogens is 240 g/mol. The van der Waals surface area contributed by atoms with Crippen LogP contribution in [0.5, 0.6) is 5.75 Å². The molecule has 1 saturated carbocycles. The van der Waals surface area contributed by atoms with E-state index in [9.17, 15) is 0 Å².